The SMILES string of the molecule is CC(C)N(CCNC(=O)C1CCCCC1)C(C)C. The summed E-state index contributed by atoms with van der Waals surface area (Å²) >= 11 is 0. The third-order valence-corrected chi connectivity index (χ3v) is 3.97. The smallest absolute Gasteiger partial charge is 0.223 e. The molecule has 0 bridgehead atoms. The van der Waals surface area contributed by atoms with Gasteiger partial charge in [-0.05, 0) is 40.5 Å². The van der Waals surface area contributed by atoms with E-state index in [1.807, 2.05) is 0 Å². The van der Waals surface area contributed by atoms with Crippen molar-refractivity contribution in [3.8, 4) is 0 Å². The quantitative estimate of drug-likeness (QED) is 0.790. The second-order valence-electron chi connectivity index (χ2n) is 6.05. The minimum Gasteiger partial charge on any atom is -0.355 e. The molecule has 1 rings (SSSR count). The van der Waals surface area contributed by atoms with Gasteiger partial charge in [-0.2, -0.15) is 0 Å². The van der Waals surface area contributed by atoms with Crippen LogP contribution in [0.4, 0.5) is 0 Å². The van der Waals surface area contributed by atoms with Crippen LogP contribution in [0.3, 0.4) is 0 Å². The van der Waals surface area contributed by atoms with Gasteiger partial charge in [0.15, 0.2) is 0 Å². The first kappa shape index (κ1) is 15.5. The van der Waals surface area contributed by atoms with Gasteiger partial charge in [-0.1, -0.05) is 19.3 Å². The Balaban J connectivity index is 2.25. The van der Waals surface area contributed by atoms with Crippen molar-refractivity contribution in [2.45, 2.75) is 71.9 Å². The molecule has 0 radical (unpaired) electrons. The highest BCUT2D eigenvalue weighted by atomic mass is 16.1. The number of carbonyl (C=O) groups is 1. The maximum Gasteiger partial charge on any atom is 0.223 e. The fourth-order valence-corrected chi connectivity index (χ4v) is 2.93. The van der Waals surface area contributed by atoms with Gasteiger partial charge in [0.1, 0.15) is 0 Å². The Hall–Kier alpha value is -0.570. The van der Waals surface area contributed by atoms with Gasteiger partial charge in [0.2, 0.25) is 5.91 Å². The summed E-state index contributed by atoms with van der Waals surface area (Å²) in [5.74, 6) is 0.562. The van der Waals surface area contributed by atoms with E-state index in [2.05, 4.69) is 37.9 Å². The Bertz CT molecular complexity index is 237. The molecule has 18 heavy (non-hydrogen) atoms. The lowest BCUT2D eigenvalue weighted by atomic mass is 9.89. The molecular formula is C15H30N2O. The van der Waals surface area contributed by atoms with Gasteiger partial charge in [-0.3, -0.25) is 9.69 Å². The summed E-state index contributed by atoms with van der Waals surface area (Å²) in [5, 5.41) is 3.11. The third-order valence-electron chi connectivity index (χ3n) is 3.97. The van der Waals surface area contributed by atoms with E-state index in [0.29, 0.717) is 12.1 Å². The summed E-state index contributed by atoms with van der Waals surface area (Å²) in [6.07, 6.45) is 5.93. The number of nitrogens with zero attached hydrogens (tertiary/aromatic N) is 1. The molecule has 0 atom stereocenters. The summed E-state index contributed by atoms with van der Waals surface area (Å²) in [6.45, 7) is 10.6. The zero-order chi connectivity index (χ0) is 13.5. The van der Waals surface area contributed by atoms with Crippen LogP contribution in [0, 0.1) is 5.92 Å². The van der Waals surface area contributed by atoms with E-state index in [1.165, 1.54) is 19.3 Å². The van der Waals surface area contributed by atoms with Crippen LogP contribution in [0.15, 0.2) is 0 Å². The van der Waals surface area contributed by atoms with Crippen molar-refractivity contribution in [3.05, 3.63) is 0 Å². The first-order valence-electron chi connectivity index (χ1n) is 7.55. The number of hydrogen-bond donors (Lipinski definition) is 1. The predicted octanol–water partition coefficient (Wildman–Crippen LogP) is 2.80. The van der Waals surface area contributed by atoms with E-state index >= 15 is 0 Å². The lowest BCUT2D eigenvalue weighted by Gasteiger charge is -2.30. The molecule has 0 aromatic heterocycles. The zero-order valence-electron chi connectivity index (χ0n) is 12.5. The molecule has 1 aliphatic rings. The van der Waals surface area contributed by atoms with Crippen LogP contribution in [-0.2, 0) is 4.79 Å². The van der Waals surface area contributed by atoms with Gasteiger partial charge in [-0.15, -0.1) is 0 Å². The lowest BCUT2D eigenvalue weighted by molar-refractivity contribution is -0.126. The van der Waals surface area contributed by atoms with Crippen LogP contribution in [0.2, 0.25) is 0 Å². The highest BCUT2D eigenvalue weighted by molar-refractivity contribution is 5.78. The monoisotopic (exact) mass is 254 g/mol. The van der Waals surface area contributed by atoms with Crippen molar-refractivity contribution < 1.29 is 4.79 Å². The molecule has 0 saturated heterocycles. The topological polar surface area (TPSA) is 32.3 Å². The number of nitrogens with one attached hydrogen (secondary N) is 1. The summed E-state index contributed by atoms with van der Waals surface area (Å²) in [5.41, 5.74) is 0. The molecule has 1 saturated carbocycles. The van der Waals surface area contributed by atoms with Gasteiger partial charge in [0.05, 0.1) is 0 Å². The molecule has 3 nitrogen and oxygen atoms in total. The highest BCUT2D eigenvalue weighted by Gasteiger charge is 2.21. The molecule has 0 heterocycles. The van der Waals surface area contributed by atoms with Crippen molar-refractivity contribution in [1.82, 2.24) is 10.2 Å². The molecule has 0 unspecified atom stereocenters. The van der Waals surface area contributed by atoms with Crippen molar-refractivity contribution in [3.63, 3.8) is 0 Å². The maximum atomic E-state index is 12.0. The maximum absolute atomic E-state index is 12.0. The van der Waals surface area contributed by atoms with E-state index < -0.39 is 0 Å². The van der Waals surface area contributed by atoms with Crippen molar-refractivity contribution >= 4 is 5.91 Å². The second kappa shape index (κ2) is 7.78. The Morgan fingerprint density at radius 1 is 1.11 bits per heavy atom. The van der Waals surface area contributed by atoms with Crippen molar-refractivity contribution in [2.75, 3.05) is 13.1 Å². The van der Waals surface area contributed by atoms with Gasteiger partial charge in [-0.25, -0.2) is 0 Å². The number of hydrogen-bond acceptors (Lipinski definition) is 2. The van der Waals surface area contributed by atoms with Gasteiger partial charge >= 0.3 is 0 Å². The third kappa shape index (κ3) is 4.97. The molecule has 1 fully saturated rings. The van der Waals surface area contributed by atoms with E-state index in [-0.39, 0.29) is 11.8 Å². The summed E-state index contributed by atoms with van der Waals surface area (Å²) in [6, 6.07) is 1.08. The fraction of sp³-hybridized carbons (Fsp3) is 0.933. The Labute approximate surface area is 112 Å². The summed E-state index contributed by atoms with van der Waals surface area (Å²) in [4.78, 5) is 14.4. The second-order valence-corrected chi connectivity index (χ2v) is 6.05. The number of carbonyl (C=O) groups excluding carboxylic acids is 1. The van der Waals surface area contributed by atoms with Gasteiger partial charge < -0.3 is 5.32 Å². The lowest BCUT2D eigenvalue weighted by Crippen LogP contribution is -2.43. The zero-order valence-corrected chi connectivity index (χ0v) is 12.5. The van der Waals surface area contributed by atoms with Crippen LogP contribution < -0.4 is 5.32 Å². The van der Waals surface area contributed by atoms with Crippen molar-refractivity contribution in [2.24, 2.45) is 5.92 Å². The molecule has 1 aliphatic carbocycles. The predicted molar refractivity (Wildman–Crippen MR) is 76.6 cm³/mol. The normalized spacial score (nSPS) is 17.7. The number of amides is 1. The Morgan fingerprint density at radius 2 is 1.67 bits per heavy atom. The fourth-order valence-electron chi connectivity index (χ4n) is 2.93. The molecular weight excluding hydrogens is 224 g/mol. The molecule has 106 valence electrons. The summed E-state index contributed by atoms with van der Waals surface area (Å²) in [7, 11) is 0. The molecule has 0 spiro atoms. The van der Waals surface area contributed by atoms with Crippen LogP contribution >= 0.6 is 0 Å². The average Bonchev–Trinajstić information content (AvgIpc) is 2.34. The molecule has 0 aliphatic heterocycles. The van der Waals surface area contributed by atoms with Crippen LogP contribution in [0.5, 0.6) is 0 Å². The van der Waals surface area contributed by atoms with Crippen molar-refractivity contribution in [1.29, 1.82) is 0 Å². The van der Waals surface area contributed by atoms with Crippen LogP contribution in [0.1, 0.15) is 59.8 Å². The van der Waals surface area contributed by atoms with Gasteiger partial charge in [0.25, 0.3) is 0 Å². The minimum atomic E-state index is 0.280. The largest absolute Gasteiger partial charge is 0.355 e. The van der Waals surface area contributed by atoms with Gasteiger partial charge in [0, 0.05) is 31.1 Å². The first-order valence-corrected chi connectivity index (χ1v) is 7.55. The minimum absolute atomic E-state index is 0.280. The standard InChI is InChI=1S/C15H30N2O/c1-12(2)17(13(3)4)11-10-16-15(18)14-8-6-5-7-9-14/h12-14H,5-11H2,1-4H3,(H,16,18). The van der Waals surface area contributed by atoms with E-state index in [9.17, 15) is 4.79 Å². The Kier molecular flexibility index (Phi) is 6.69. The molecule has 1 N–H and O–H groups in total. The van der Waals surface area contributed by atoms with E-state index in [0.717, 1.165) is 25.9 Å². The molecule has 1 amide bonds. The van der Waals surface area contributed by atoms with Crippen LogP contribution in [0.25, 0.3) is 0 Å². The Morgan fingerprint density at radius 3 is 2.17 bits per heavy atom. The molecule has 0 aromatic rings. The molecule has 0 aromatic carbocycles. The average molecular weight is 254 g/mol. The van der Waals surface area contributed by atoms with E-state index in [1.54, 1.807) is 0 Å². The van der Waals surface area contributed by atoms with E-state index in [4.69, 9.17) is 0 Å². The van der Waals surface area contributed by atoms with Crippen LogP contribution in [-0.4, -0.2) is 36.0 Å². The summed E-state index contributed by atoms with van der Waals surface area (Å²) < 4.78 is 0. The first-order chi connectivity index (χ1) is 8.52. The molecule has 3 heteroatoms. The number of rotatable bonds is 6. The highest BCUT2D eigenvalue weighted by Crippen LogP contribution is 2.23.